The molecule has 8 heteroatoms. The largest absolute Gasteiger partial charge is 0.484 e. The fourth-order valence-electron chi connectivity index (χ4n) is 2.36. The molecule has 7 nitrogen and oxygen atoms in total. The minimum atomic E-state index is -0.486. The van der Waals surface area contributed by atoms with E-state index in [1.165, 1.54) is 6.08 Å². The van der Waals surface area contributed by atoms with Crippen LogP contribution in [0.4, 0.5) is 0 Å². The first-order valence-corrected chi connectivity index (χ1v) is 9.47. The predicted octanol–water partition coefficient (Wildman–Crippen LogP) is 3.19. The summed E-state index contributed by atoms with van der Waals surface area (Å²) in [6, 6.07) is 7.32. The molecule has 1 aromatic carbocycles. The molecule has 0 aliphatic heterocycles. The van der Waals surface area contributed by atoms with Gasteiger partial charge in [-0.25, -0.2) is 0 Å². The second kappa shape index (κ2) is 10.5. The number of aromatic nitrogens is 2. The van der Waals surface area contributed by atoms with Crippen molar-refractivity contribution in [2.24, 2.45) is 0 Å². The first kappa shape index (κ1) is 21.5. The first-order chi connectivity index (χ1) is 13.4. The van der Waals surface area contributed by atoms with E-state index in [4.69, 9.17) is 16.3 Å². The van der Waals surface area contributed by atoms with Crippen LogP contribution in [0.25, 0.3) is 6.08 Å². The van der Waals surface area contributed by atoms with Crippen LogP contribution in [0.15, 0.2) is 30.3 Å². The molecule has 150 valence electrons. The molecule has 0 radical (unpaired) electrons. The zero-order chi connectivity index (χ0) is 20.5. The lowest BCUT2D eigenvalue weighted by Gasteiger charge is -2.07. The van der Waals surface area contributed by atoms with Gasteiger partial charge in [0.25, 0.3) is 11.8 Å². The van der Waals surface area contributed by atoms with Gasteiger partial charge in [-0.15, -0.1) is 0 Å². The summed E-state index contributed by atoms with van der Waals surface area (Å²) < 4.78 is 7.07. The van der Waals surface area contributed by atoms with Gasteiger partial charge in [0.15, 0.2) is 6.61 Å². The summed E-state index contributed by atoms with van der Waals surface area (Å²) >= 11 is 6.32. The fourth-order valence-corrected chi connectivity index (χ4v) is 2.69. The molecule has 1 heterocycles. The van der Waals surface area contributed by atoms with E-state index in [1.807, 2.05) is 26.0 Å². The number of carbonyl (C=O) groups excluding carboxylic acids is 2. The Morgan fingerprint density at radius 2 is 1.93 bits per heavy atom. The van der Waals surface area contributed by atoms with E-state index in [0.29, 0.717) is 16.5 Å². The van der Waals surface area contributed by atoms with Crippen molar-refractivity contribution in [3.8, 4) is 5.75 Å². The van der Waals surface area contributed by atoms with Crippen molar-refractivity contribution < 1.29 is 14.3 Å². The van der Waals surface area contributed by atoms with Gasteiger partial charge in [-0.1, -0.05) is 42.6 Å². The molecule has 0 atom stereocenters. The number of hydrogen-bond donors (Lipinski definition) is 2. The maximum absolute atomic E-state index is 11.9. The highest BCUT2D eigenvalue weighted by Crippen LogP contribution is 2.21. The Balaban J connectivity index is 1.81. The minimum Gasteiger partial charge on any atom is -0.484 e. The summed E-state index contributed by atoms with van der Waals surface area (Å²) in [6.07, 6.45) is 4.88. The number of carbonyl (C=O) groups is 2. The number of rotatable bonds is 8. The predicted molar refractivity (Wildman–Crippen MR) is 109 cm³/mol. The summed E-state index contributed by atoms with van der Waals surface area (Å²) in [4.78, 5) is 23.7. The standard InChI is InChI=1S/C20H25ClN4O3/c1-4-5-12-25-20(21)17(15(3)24-25)10-11-18(26)22-23-19(27)13-28-16-8-6-14(2)7-9-16/h6-11H,4-5,12-13H2,1-3H3,(H,22,26)(H,23,27). The Morgan fingerprint density at radius 3 is 2.61 bits per heavy atom. The third-order valence-electron chi connectivity index (χ3n) is 3.95. The maximum atomic E-state index is 11.9. The zero-order valence-corrected chi connectivity index (χ0v) is 17.0. The highest BCUT2D eigenvalue weighted by atomic mass is 35.5. The highest BCUT2D eigenvalue weighted by Gasteiger charge is 2.11. The molecule has 2 N–H and O–H groups in total. The van der Waals surface area contributed by atoms with Gasteiger partial charge < -0.3 is 4.74 Å². The van der Waals surface area contributed by atoms with E-state index < -0.39 is 11.8 Å². The summed E-state index contributed by atoms with van der Waals surface area (Å²) in [6.45, 7) is 6.41. The summed E-state index contributed by atoms with van der Waals surface area (Å²) in [5.41, 5.74) is 7.11. The Morgan fingerprint density at radius 1 is 1.21 bits per heavy atom. The molecule has 28 heavy (non-hydrogen) atoms. The lowest BCUT2D eigenvalue weighted by Crippen LogP contribution is -2.43. The molecule has 0 unspecified atom stereocenters. The number of amides is 2. The van der Waals surface area contributed by atoms with Crippen molar-refractivity contribution in [2.45, 2.75) is 40.2 Å². The van der Waals surface area contributed by atoms with Crippen molar-refractivity contribution in [2.75, 3.05) is 6.61 Å². The van der Waals surface area contributed by atoms with Crippen LogP contribution < -0.4 is 15.6 Å². The molecule has 0 fully saturated rings. The van der Waals surface area contributed by atoms with Crippen LogP contribution >= 0.6 is 11.6 Å². The van der Waals surface area contributed by atoms with Crippen LogP contribution in [0.1, 0.15) is 36.6 Å². The molecular weight excluding hydrogens is 380 g/mol. The van der Waals surface area contributed by atoms with Crippen LogP contribution in [0.3, 0.4) is 0 Å². The van der Waals surface area contributed by atoms with Gasteiger partial charge in [-0.3, -0.25) is 25.1 Å². The molecule has 2 rings (SSSR count). The molecule has 1 aromatic heterocycles. The smallest absolute Gasteiger partial charge is 0.276 e. The minimum absolute atomic E-state index is 0.206. The van der Waals surface area contributed by atoms with Crippen LogP contribution in [0, 0.1) is 13.8 Å². The lowest BCUT2D eigenvalue weighted by atomic mass is 10.2. The number of nitrogens with one attached hydrogen (secondary N) is 2. The van der Waals surface area contributed by atoms with E-state index in [9.17, 15) is 9.59 Å². The van der Waals surface area contributed by atoms with E-state index in [0.717, 1.165) is 30.6 Å². The van der Waals surface area contributed by atoms with Crippen molar-refractivity contribution in [3.63, 3.8) is 0 Å². The number of nitrogens with zero attached hydrogens (tertiary/aromatic N) is 2. The molecule has 0 saturated carbocycles. The average Bonchev–Trinajstić information content (AvgIpc) is 2.95. The van der Waals surface area contributed by atoms with Crippen molar-refractivity contribution in [1.29, 1.82) is 0 Å². The molecule has 0 aliphatic rings. The quantitative estimate of drug-likeness (QED) is 0.522. The van der Waals surface area contributed by atoms with Gasteiger partial charge in [0.05, 0.1) is 5.69 Å². The van der Waals surface area contributed by atoms with Crippen LogP contribution in [-0.2, 0) is 16.1 Å². The molecule has 0 bridgehead atoms. The Hall–Kier alpha value is -2.80. The van der Waals surface area contributed by atoms with E-state index in [1.54, 1.807) is 22.9 Å². The topological polar surface area (TPSA) is 85.3 Å². The van der Waals surface area contributed by atoms with Crippen molar-refractivity contribution >= 4 is 29.5 Å². The van der Waals surface area contributed by atoms with Gasteiger partial charge in [0.1, 0.15) is 10.9 Å². The summed E-state index contributed by atoms with van der Waals surface area (Å²) in [5, 5.41) is 4.87. The Labute approximate surface area is 169 Å². The third kappa shape index (κ3) is 6.42. The number of hydrogen-bond acceptors (Lipinski definition) is 4. The van der Waals surface area contributed by atoms with E-state index in [-0.39, 0.29) is 6.61 Å². The monoisotopic (exact) mass is 404 g/mol. The molecule has 0 spiro atoms. The number of unbranched alkanes of at least 4 members (excludes halogenated alkanes) is 1. The molecule has 0 aliphatic carbocycles. The van der Waals surface area contributed by atoms with Crippen LogP contribution in [0.5, 0.6) is 5.75 Å². The molecule has 0 saturated heterocycles. The normalized spacial score (nSPS) is 10.9. The number of ether oxygens (including phenoxy) is 1. The first-order valence-electron chi connectivity index (χ1n) is 9.10. The highest BCUT2D eigenvalue weighted by molar-refractivity contribution is 6.31. The molecule has 2 amide bonds. The second-order valence-corrected chi connectivity index (χ2v) is 6.70. The summed E-state index contributed by atoms with van der Waals surface area (Å²) in [5.74, 6) is -0.374. The fraction of sp³-hybridized carbons (Fsp3) is 0.350. The van der Waals surface area contributed by atoms with E-state index in [2.05, 4.69) is 22.9 Å². The van der Waals surface area contributed by atoms with Gasteiger partial charge in [0, 0.05) is 18.2 Å². The molecule has 2 aromatic rings. The maximum Gasteiger partial charge on any atom is 0.276 e. The van der Waals surface area contributed by atoms with Crippen LogP contribution in [0.2, 0.25) is 5.15 Å². The van der Waals surface area contributed by atoms with Crippen molar-refractivity contribution in [1.82, 2.24) is 20.6 Å². The Bertz CT molecular complexity index is 844. The number of aryl methyl sites for hydroxylation is 3. The van der Waals surface area contributed by atoms with E-state index >= 15 is 0 Å². The molecular formula is C20H25ClN4O3. The third-order valence-corrected chi connectivity index (χ3v) is 4.35. The Kier molecular flexibility index (Phi) is 8.07. The SMILES string of the molecule is CCCCn1nc(C)c(C=CC(=O)NNC(=O)COc2ccc(C)cc2)c1Cl. The number of benzene rings is 1. The lowest BCUT2D eigenvalue weighted by molar-refractivity contribution is -0.128. The number of hydrazine groups is 1. The average molecular weight is 405 g/mol. The van der Waals surface area contributed by atoms with Gasteiger partial charge in [0.2, 0.25) is 0 Å². The van der Waals surface area contributed by atoms with Crippen LogP contribution in [-0.4, -0.2) is 28.2 Å². The van der Waals surface area contributed by atoms with Gasteiger partial charge in [-0.05, 0) is 38.5 Å². The second-order valence-electron chi connectivity index (χ2n) is 6.34. The number of halogens is 1. The van der Waals surface area contributed by atoms with Gasteiger partial charge in [-0.2, -0.15) is 5.10 Å². The summed E-state index contributed by atoms with van der Waals surface area (Å²) in [7, 11) is 0. The van der Waals surface area contributed by atoms with Crippen molar-refractivity contribution in [3.05, 3.63) is 52.3 Å². The van der Waals surface area contributed by atoms with Gasteiger partial charge >= 0.3 is 0 Å². The zero-order valence-electron chi connectivity index (χ0n) is 16.3.